The van der Waals surface area contributed by atoms with Gasteiger partial charge in [0.15, 0.2) is 0 Å². The summed E-state index contributed by atoms with van der Waals surface area (Å²) in [6, 6.07) is 49.6. The number of hydrogen-bond acceptors (Lipinski definition) is 1. The van der Waals surface area contributed by atoms with Gasteiger partial charge >= 0.3 is 0 Å². The molecule has 5 aromatic carbocycles. The Balaban J connectivity index is 1.72. The molecule has 0 saturated heterocycles. The van der Waals surface area contributed by atoms with Crippen LogP contribution in [0.4, 0.5) is 11.4 Å². The summed E-state index contributed by atoms with van der Waals surface area (Å²) >= 11 is 0. The van der Waals surface area contributed by atoms with E-state index < -0.39 is 15.0 Å². The quantitative estimate of drug-likeness (QED) is 0.143. The highest BCUT2D eigenvalue weighted by molar-refractivity contribution is 7.80. The molecule has 0 atom stereocenters. The molecule has 5 rings (SSSR count). The molecule has 218 valence electrons. The van der Waals surface area contributed by atoms with Gasteiger partial charge in [0.25, 0.3) is 0 Å². The van der Waals surface area contributed by atoms with E-state index in [0.717, 1.165) is 22.6 Å². The molecule has 0 aliphatic carbocycles. The first kappa shape index (κ1) is 30.7. The van der Waals surface area contributed by atoms with Crippen molar-refractivity contribution in [2.24, 2.45) is 4.74 Å². The Bertz CT molecular complexity index is 1660. The Kier molecular flexibility index (Phi) is 10.1. The summed E-state index contributed by atoms with van der Waals surface area (Å²) in [4.78, 5) is 0. The zero-order valence-electron chi connectivity index (χ0n) is 25.8. The summed E-state index contributed by atoms with van der Waals surface area (Å²) in [6.45, 7) is 11.5. The molecular weight excluding hydrogens is 558 g/mol. The van der Waals surface area contributed by atoms with Gasteiger partial charge in [-0.2, -0.15) is 0 Å². The number of hydrogen-bond donors (Lipinski definition) is 0. The van der Waals surface area contributed by atoms with Crippen LogP contribution in [0.5, 0.6) is 0 Å². The molecule has 0 aliphatic heterocycles. The molecule has 4 heteroatoms. The third kappa shape index (κ3) is 7.10. The average molecular weight is 600 g/mol. The van der Waals surface area contributed by atoms with E-state index in [1.165, 1.54) is 21.5 Å². The average Bonchev–Trinajstić information content (AvgIpc) is 3.03. The summed E-state index contributed by atoms with van der Waals surface area (Å²) in [6.07, 6.45) is 0. The van der Waals surface area contributed by atoms with E-state index in [4.69, 9.17) is 10.1 Å². The second-order valence-electron chi connectivity index (χ2n) is 11.4. The predicted molar refractivity (Wildman–Crippen MR) is 193 cm³/mol. The first-order valence-electron chi connectivity index (χ1n) is 15.1. The maximum atomic E-state index is 5.63. The van der Waals surface area contributed by atoms with Crippen LogP contribution in [0, 0.1) is 6.92 Å². The molecule has 0 radical (unpaired) electrons. The van der Waals surface area contributed by atoms with Crippen molar-refractivity contribution < 1.29 is 0 Å². The number of aryl methyl sites for hydroxylation is 1. The maximum Gasteiger partial charge on any atom is 0.0646 e. The van der Waals surface area contributed by atoms with Crippen molar-refractivity contribution in [1.29, 1.82) is 0 Å². The van der Waals surface area contributed by atoms with Crippen LogP contribution >= 0.6 is 15.0 Å². The molecule has 0 amide bonds. The summed E-state index contributed by atoms with van der Waals surface area (Å²) in [5.74, 6) is 2.45. The summed E-state index contributed by atoms with van der Waals surface area (Å²) in [7, 11) is -2.83. The minimum atomic E-state index is -2.03. The fourth-order valence-corrected chi connectivity index (χ4v) is 11.3. The first-order chi connectivity index (χ1) is 20.9. The van der Waals surface area contributed by atoms with E-state index in [0.29, 0.717) is 11.3 Å². The lowest BCUT2D eigenvalue weighted by Crippen LogP contribution is -2.21. The van der Waals surface area contributed by atoms with E-state index in [9.17, 15) is 0 Å². The summed E-state index contributed by atoms with van der Waals surface area (Å²) in [5.41, 5.74) is 6.14. The fourth-order valence-electron chi connectivity index (χ4n) is 5.45. The topological polar surface area (TPSA) is 26.5 Å². The van der Waals surface area contributed by atoms with Crippen LogP contribution in [0.2, 0.25) is 0 Å². The molecule has 0 saturated carbocycles. The van der Waals surface area contributed by atoms with Crippen molar-refractivity contribution in [3.8, 4) is 0 Å². The van der Waals surface area contributed by atoms with Crippen LogP contribution in [0.25, 0.3) is 11.0 Å². The van der Waals surface area contributed by atoms with Gasteiger partial charge in [0.05, 0.1) is 5.69 Å². The molecule has 2 nitrogen and oxygen atoms in total. The molecule has 0 aliphatic rings. The molecule has 0 aromatic heterocycles. The first-order valence-corrected chi connectivity index (χ1v) is 18.3. The monoisotopic (exact) mass is 599 g/mol. The van der Waals surface area contributed by atoms with Gasteiger partial charge in [0.2, 0.25) is 0 Å². The molecule has 0 unspecified atom stereocenters. The highest BCUT2D eigenvalue weighted by Gasteiger charge is 2.26. The Morgan fingerprint density at radius 1 is 0.628 bits per heavy atom. The third-order valence-corrected chi connectivity index (χ3v) is 14.9. The van der Waals surface area contributed by atoms with Crippen LogP contribution < -0.4 is 15.9 Å². The van der Waals surface area contributed by atoms with Gasteiger partial charge < -0.3 is 5.32 Å². The summed E-state index contributed by atoms with van der Waals surface area (Å²) < 4.78 is 5.63. The largest absolute Gasteiger partial charge is 0.657 e. The van der Waals surface area contributed by atoms with Crippen molar-refractivity contribution in [3.63, 3.8) is 0 Å². The van der Waals surface area contributed by atoms with E-state index in [1.807, 2.05) is 0 Å². The van der Waals surface area contributed by atoms with Gasteiger partial charge in [-0.3, -0.25) is 4.74 Å². The minimum absolute atomic E-state index is 0.363. The van der Waals surface area contributed by atoms with Gasteiger partial charge in [0, 0.05) is 7.05 Å². The van der Waals surface area contributed by atoms with Crippen molar-refractivity contribution in [2.75, 3.05) is 0 Å². The van der Waals surface area contributed by atoms with Gasteiger partial charge in [0.1, 0.15) is 0 Å². The molecular formula is C39H41N2P2-. The van der Waals surface area contributed by atoms with E-state index in [1.54, 1.807) is 0 Å². The van der Waals surface area contributed by atoms with Crippen LogP contribution in [-0.2, 0) is 0 Å². The van der Waals surface area contributed by atoms with Gasteiger partial charge in [-0.1, -0.05) is 167 Å². The van der Waals surface area contributed by atoms with Crippen molar-refractivity contribution in [3.05, 3.63) is 162 Å². The maximum absolute atomic E-state index is 5.63. The van der Waals surface area contributed by atoms with Gasteiger partial charge in [-0.05, 0) is 59.3 Å². The lowest BCUT2D eigenvalue weighted by molar-refractivity contribution is 1.00. The number of nitrogens with zero attached hydrogens (tertiary/aromatic N) is 2. The Morgan fingerprint density at radius 3 is 1.67 bits per heavy atom. The Labute approximate surface area is 259 Å². The van der Waals surface area contributed by atoms with Crippen molar-refractivity contribution in [1.82, 2.24) is 0 Å². The zero-order chi connectivity index (χ0) is 30.2. The number of benzene rings is 5. The molecule has 0 bridgehead atoms. The Hall–Kier alpha value is -3.70. The lowest BCUT2D eigenvalue weighted by Gasteiger charge is -2.37. The molecule has 0 fully saturated rings. The van der Waals surface area contributed by atoms with E-state index >= 15 is 0 Å². The summed E-state index contributed by atoms with van der Waals surface area (Å²) in [5, 5.41) is 9.45. The van der Waals surface area contributed by atoms with Crippen LogP contribution in [0.15, 0.2) is 150 Å². The van der Waals surface area contributed by atoms with Crippen LogP contribution in [0.3, 0.4) is 0 Å². The second-order valence-corrected chi connectivity index (χ2v) is 17.7. The highest BCUT2D eigenvalue weighted by atomic mass is 31.2. The Morgan fingerprint density at radius 2 is 1.12 bits per heavy atom. The number of rotatable bonds is 10. The van der Waals surface area contributed by atoms with Crippen molar-refractivity contribution >= 4 is 48.0 Å². The highest BCUT2D eigenvalue weighted by Crippen LogP contribution is 2.63. The smallest absolute Gasteiger partial charge is 0.0646 e. The molecule has 0 heterocycles. The fraction of sp³-hybridized carbons (Fsp3) is 0.179. The standard InChI is InChI=1S/C39H41N2P2/c1-30(2)43(31(3)4,41-36-26-16-15-19-32(36)5)29-38(33-20-9-6-10-21-33)40-37-27-17-18-28-39(37)42(34-22-11-7-12-23-34)35-24-13-8-14-25-35/h6-31H,1-5H3/q-1/b38-29-. The molecule has 0 spiro atoms. The molecule has 0 N–H and O–H groups in total. The van der Waals surface area contributed by atoms with Crippen LogP contribution in [-0.4, -0.2) is 11.3 Å². The van der Waals surface area contributed by atoms with Crippen molar-refractivity contribution in [2.45, 2.75) is 45.9 Å². The van der Waals surface area contributed by atoms with Gasteiger partial charge in [-0.25, -0.2) is 0 Å². The normalized spacial score (nSPS) is 12.1. The van der Waals surface area contributed by atoms with Gasteiger partial charge in [-0.15, -0.1) is 11.4 Å². The number of para-hydroxylation sites is 1. The zero-order valence-corrected chi connectivity index (χ0v) is 27.6. The SMILES string of the molecule is Cc1ccccc1N=P(/C=C(\[N-]c1ccccc1P(c1ccccc1)c1ccccc1)c1ccccc1)(C(C)C)C(C)C. The molecule has 43 heavy (non-hydrogen) atoms. The van der Waals surface area contributed by atoms with E-state index in [2.05, 4.69) is 180 Å². The van der Waals surface area contributed by atoms with Crippen LogP contribution in [0.1, 0.15) is 38.8 Å². The van der Waals surface area contributed by atoms with E-state index in [-0.39, 0.29) is 0 Å². The molecule has 5 aromatic rings. The second kappa shape index (κ2) is 14.2. The predicted octanol–water partition coefficient (Wildman–Crippen LogP) is 11.1. The minimum Gasteiger partial charge on any atom is -0.657 e. The third-order valence-electron chi connectivity index (χ3n) is 7.84. The lowest BCUT2D eigenvalue weighted by atomic mass is 10.1.